The summed E-state index contributed by atoms with van der Waals surface area (Å²) >= 11 is 0. The summed E-state index contributed by atoms with van der Waals surface area (Å²) in [5.41, 5.74) is 6.83. The molecule has 1 saturated heterocycles. The quantitative estimate of drug-likeness (QED) is 0.757. The highest BCUT2D eigenvalue weighted by Gasteiger charge is 2.28. The minimum Gasteiger partial charge on any atom is -0.460 e. The van der Waals surface area contributed by atoms with Crippen molar-refractivity contribution in [3.8, 4) is 0 Å². The third-order valence-electron chi connectivity index (χ3n) is 3.03. The predicted molar refractivity (Wildman–Crippen MR) is 65.2 cm³/mol. The molecule has 1 aliphatic rings. The minimum atomic E-state index is -0.554. The van der Waals surface area contributed by atoms with E-state index < -0.39 is 6.04 Å². The van der Waals surface area contributed by atoms with Crippen LogP contribution in [0.1, 0.15) is 18.4 Å². The molecule has 3 N–H and O–H groups in total. The Morgan fingerprint density at radius 3 is 2.88 bits per heavy atom. The van der Waals surface area contributed by atoms with Crippen LogP contribution in [0.25, 0.3) is 0 Å². The number of rotatable bonds is 4. The maximum Gasteiger partial charge on any atom is 0.324 e. The number of hydrogen-bond donors (Lipinski definition) is 2. The summed E-state index contributed by atoms with van der Waals surface area (Å²) < 4.78 is 5.20. The molecule has 0 spiro atoms. The zero-order valence-corrected chi connectivity index (χ0v) is 9.76. The molecule has 1 unspecified atom stereocenters. The molecule has 1 aromatic rings. The molecule has 4 heteroatoms. The maximum absolute atomic E-state index is 11.7. The average Bonchev–Trinajstić information content (AvgIpc) is 2.90. The summed E-state index contributed by atoms with van der Waals surface area (Å²) in [6.07, 6.45) is 2.02. The highest BCUT2D eigenvalue weighted by atomic mass is 16.5. The van der Waals surface area contributed by atoms with Crippen LogP contribution in [0, 0.1) is 0 Å². The van der Waals surface area contributed by atoms with Gasteiger partial charge < -0.3 is 15.8 Å². The molecule has 0 saturated carbocycles. The van der Waals surface area contributed by atoms with E-state index in [9.17, 15) is 4.79 Å². The molecule has 1 fully saturated rings. The molecule has 1 aromatic carbocycles. The molecule has 0 aliphatic carbocycles. The van der Waals surface area contributed by atoms with Crippen molar-refractivity contribution >= 4 is 5.97 Å². The van der Waals surface area contributed by atoms with E-state index in [0.717, 1.165) is 24.9 Å². The largest absolute Gasteiger partial charge is 0.460 e. The lowest BCUT2D eigenvalue weighted by Crippen LogP contribution is -2.47. The first-order valence-corrected chi connectivity index (χ1v) is 5.97. The summed E-state index contributed by atoms with van der Waals surface area (Å²) in [6, 6.07) is 9.13. The van der Waals surface area contributed by atoms with Crippen LogP contribution in [-0.2, 0) is 16.1 Å². The lowest BCUT2D eigenvalue weighted by molar-refractivity contribution is -0.147. The fourth-order valence-corrected chi connectivity index (χ4v) is 2.01. The molecule has 2 atom stereocenters. The van der Waals surface area contributed by atoms with Crippen molar-refractivity contribution in [1.82, 2.24) is 5.32 Å². The molecule has 0 radical (unpaired) electrons. The first kappa shape index (κ1) is 12.1. The monoisotopic (exact) mass is 234 g/mol. The Kier molecular flexibility index (Phi) is 4.12. The Morgan fingerprint density at radius 1 is 1.47 bits per heavy atom. The SMILES string of the molecule is NC(C(=O)OCc1ccccc1)[C@@H]1CCCN1. The van der Waals surface area contributed by atoms with Crippen molar-refractivity contribution < 1.29 is 9.53 Å². The second-order valence-electron chi connectivity index (χ2n) is 4.32. The third-order valence-corrected chi connectivity index (χ3v) is 3.03. The molecular formula is C13H18N2O2. The van der Waals surface area contributed by atoms with E-state index in [2.05, 4.69) is 5.32 Å². The van der Waals surface area contributed by atoms with Crippen LogP contribution in [0.5, 0.6) is 0 Å². The van der Waals surface area contributed by atoms with Gasteiger partial charge >= 0.3 is 5.97 Å². The first-order valence-electron chi connectivity index (χ1n) is 5.97. The van der Waals surface area contributed by atoms with Crippen molar-refractivity contribution in [2.45, 2.75) is 31.5 Å². The lowest BCUT2D eigenvalue weighted by Gasteiger charge is -2.17. The molecule has 0 amide bonds. The maximum atomic E-state index is 11.7. The van der Waals surface area contributed by atoms with Gasteiger partial charge in [-0.15, -0.1) is 0 Å². The Labute approximate surface area is 101 Å². The molecule has 2 rings (SSSR count). The molecule has 4 nitrogen and oxygen atoms in total. The molecule has 17 heavy (non-hydrogen) atoms. The van der Waals surface area contributed by atoms with Crippen LogP contribution in [0.4, 0.5) is 0 Å². The summed E-state index contributed by atoms with van der Waals surface area (Å²) in [6.45, 7) is 1.23. The van der Waals surface area contributed by atoms with E-state index in [1.165, 1.54) is 0 Å². The van der Waals surface area contributed by atoms with Crippen LogP contribution in [0.3, 0.4) is 0 Å². The van der Waals surface area contributed by atoms with Crippen molar-refractivity contribution in [2.24, 2.45) is 5.73 Å². The molecule has 92 valence electrons. The van der Waals surface area contributed by atoms with E-state index in [4.69, 9.17) is 10.5 Å². The molecular weight excluding hydrogens is 216 g/mol. The smallest absolute Gasteiger partial charge is 0.324 e. The molecule has 1 heterocycles. The van der Waals surface area contributed by atoms with Gasteiger partial charge in [0.15, 0.2) is 0 Å². The van der Waals surface area contributed by atoms with Gasteiger partial charge in [0.2, 0.25) is 0 Å². The zero-order chi connectivity index (χ0) is 12.1. The lowest BCUT2D eigenvalue weighted by atomic mass is 10.1. The van der Waals surface area contributed by atoms with Gasteiger partial charge in [-0.1, -0.05) is 30.3 Å². The van der Waals surface area contributed by atoms with Crippen LogP contribution in [-0.4, -0.2) is 24.6 Å². The van der Waals surface area contributed by atoms with Gasteiger partial charge in [0.05, 0.1) is 0 Å². The second-order valence-corrected chi connectivity index (χ2v) is 4.32. The summed E-state index contributed by atoms with van der Waals surface area (Å²) in [5, 5.41) is 3.21. The van der Waals surface area contributed by atoms with E-state index in [1.54, 1.807) is 0 Å². The average molecular weight is 234 g/mol. The number of benzene rings is 1. The van der Waals surface area contributed by atoms with Gasteiger partial charge in [0.25, 0.3) is 0 Å². The van der Waals surface area contributed by atoms with Gasteiger partial charge in [-0.2, -0.15) is 0 Å². The highest BCUT2D eigenvalue weighted by Crippen LogP contribution is 2.10. The number of carbonyl (C=O) groups excluding carboxylic acids is 1. The fraction of sp³-hybridized carbons (Fsp3) is 0.462. The number of nitrogens with one attached hydrogen (secondary N) is 1. The van der Waals surface area contributed by atoms with Crippen molar-refractivity contribution in [1.29, 1.82) is 0 Å². The van der Waals surface area contributed by atoms with E-state index in [0.29, 0.717) is 6.61 Å². The Hall–Kier alpha value is -1.39. The second kappa shape index (κ2) is 5.80. The first-order chi connectivity index (χ1) is 8.27. The summed E-state index contributed by atoms with van der Waals surface area (Å²) in [4.78, 5) is 11.7. The molecule has 0 aromatic heterocycles. The van der Waals surface area contributed by atoms with Crippen LogP contribution < -0.4 is 11.1 Å². The molecule has 1 aliphatic heterocycles. The number of ether oxygens (including phenoxy) is 1. The Morgan fingerprint density at radius 2 is 2.24 bits per heavy atom. The van der Waals surface area contributed by atoms with E-state index >= 15 is 0 Å². The van der Waals surface area contributed by atoms with Gasteiger partial charge in [0, 0.05) is 6.04 Å². The van der Waals surface area contributed by atoms with E-state index in [-0.39, 0.29) is 12.0 Å². The number of carbonyl (C=O) groups is 1. The van der Waals surface area contributed by atoms with Gasteiger partial charge in [-0.3, -0.25) is 4.79 Å². The van der Waals surface area contributed by atoms with Crippen LogP contribution >= 0.6 is 0 Å². The normalized spacial score (nSPS) is 21.1. The van der Waals surface area contributed by atoms with Crippen molar-refractivity contribution in [2.75, 3.05) is 6.54 Å². The summed E-state index contributed by atoms with van der Waals surface area (Å²) in [5.74, 6) is -0.326. The van der Waals surface area contributed by atoms with Crippen molar-refractivity contribution in [3.05, 3.63) is 35.9 Å². The zero-order valence-electron chi connectivity index (χ0n) is 9.76. The standard InChI is InChI=1S/C13H18N2O2/c14-12(11-7-4-8-15-11)13(16)17-9-10-5-2-1-3-6-10/h1-3,5-6,11-12,15H,4,7-9,14H2/t11-,12?/m0/s1. The minimum absolute atomic E-state index is 0.0678. The van der Waals surface area contributed by atoms with E-state index in [1.807, 2.05) is 30.3 Å². The Bertz CT molecular complexity index is 361. The fourth-order valence-electron chi connectivity index (χ4n) is 2.01. The van der Waals surface area contributed by atoms with Gasteiger partial charge in [-0.25, -0.2) is 0 Å². The third kappa shape index (κ3) is 3.28. The Balaban J connectivity index is 1.80. The number of esters is 1. The number of nitrogens with two attached hydrogens (primary N) is 1. The summed E-state index contributed by atoms with van der Waals surface area (Å²) in [7, 11) is 0. The van der Waals surface area contributed by atoms with Gasteiger partial charge in [-0.05, 0) is 24.9 Å². The topological polar surface area (TPSA) is 64.4 Å². The van der Waals surface area contributed by atoms with Crippen LogP contribution in [0.15, 0.2) is 30.3 Å². The molecule has 0 bridgehead atoms. The van der Waals surface area contributed by atoms with Crippen LogP contribution in [0.2, 0.25) is 0 Å². The van der Waals surface area contributed by atoms with Crippen molar-refractivity contribution in [3.63, 3.8) is 0 Å². The predicted octanol–water partition coefficient (Wildman–Crippen LogP) is 0.809. The number of hydrogen-bond acceptors (Lipinski definition) is 4. The highest BCUT2D eigenvalue weighted by molar-refractivity contribution is 5.76. The van der Waals surface area contributed by atoms with Gasteiger partial charge in [0.1, 0.15) is 12.6 Å².